The highest BCUT2D eigenvalue weighted by atomic mass is 16.5. The van der Waals surface area contributed by atoms with Crippen LogP contribution in [0, 0.1) is 0 Å². The number of carbonyl (C=O) groups excluding carboxylic acids is 1. The first-order valence-electron chi connectivity index (χ1n) is 6.18. The molecule has 0 N–H and O–H groups in total. The average molecular weight is 229 g/mol. The summed E-state index contributed by atoms with van der Waals surface area (Å²) in [6, 6.07) is 0. The van der Waals surface area contributed by atoms with Crippen LogP contribution in [0.5, 0.6) is 0 Å². The lowest BCUT2D eigenvalue weighted by Gasteiger charge is -2.39. The zero-order valence-electron chi connectivity index (χ0n) is 11.7. The summed E-state index contributed by atoms with van der Waals surface area (Å²) in [4.78, 5) is 13.3. The van der Waals surface area contributed by atoms with E-state index in [2.05, 4.69) is 18.7 Å². The van der Waals surface area contributed by atoms with Crippen molar-refractivity contribution in [1.82, 2.24) is 4.90 Å². The summed E-state index contributed by atoms with van der Waals surface area (Å²) in [5, 5.41) is 0. The first kappa shape index (κ1) is 15.6. The lowest BCUT2D eigenvalue weighted by molar-refractivity contribution is -0.167. The van der Waals surface area contributed by atoms with E-state index in [9.17, 15) is 4.79 Å². The van der Waals surface area contributed by atoms with Crippen LogP contribution in [0.2, 0.25) is 0 Å². The molecule has 3 heteroatoms. The van der Waals surface area contributed by atoms with Crippen LogP contribution < -0.4 is 0 Å². The van der Waals surface area contributed by atoms with Gasteiger partial charge in [-0.15, -0.1) is 0 Å². The largest absolute Gasteiger partial charge is 0.360 e. The minimum absolute atomic E-state index is 0.254. The second-order valence-corrected chi connectivity index (χ2v) is 5.03. The van der Waals surface area contributed by atoms with Crippen molar-refractivity contribution in [2.75, 3.05) is 20.6 Å². The van der Waals surface area contributed by atoms with Gasteiger partial charge in [0.1, 0.15) is 5.60 Å². The third-order valence-electron chi connectivity index (χ3n) is 3.26. The maximum absolute atomic E-state index is 11.2. The Morgan fingerprint density at radius 3 is 1.88 bits per heavy atom. The zero-order valence-corrected chi connectivity index (χ0v) is 11.7. The van der Waals surface area contributed by atoms with Gasteiger partial charge in [0.05, 0.1) is 5.60 Å². The molecule has 0 saturated heterocycles. The van der Waals surface area contributed by atoms with Crippen LogP contribution in [0.25, 0.3) is 0 Å². The molecule has 16 heavy (non-hydrogen) atoms. The quantitative estimate of drug-likeness (QED) is 0.599. The van der Waals surface area contributed by atoms with Crippen LogP contribution in [0.3, 0.4) is 0 Å². The Bertz CT molecular complexity index is 212. The van der Waals surface area contributed by atoms with Crippen LogP contribution in [-0.4, -0.2) is 43.0 Å². The molecule has 0 heterocycles. The molecular formula is C13H27NO2. The molecule has 0 aliphatic carbocycles. The van der Waals surface area contributed by atoms with Crippen molar-refractivity contribution < 1.29 is 9.53 Å². The Balaban J connectivity index is 4.78. The van der Waals surface area contributed by atoms with Crippen LogP contribution >= 0.6 is 0 Å². The summed E-state index contributed by atoms with van der Waals surface area (Å²) in [6.45, 7) is 9.02. The van der Waals surface area contributed by atoms with E-state index in [1.165, 1.54) is 0 Å². The van der Waals surface area contributed by atoms with Gasteiger partial charge in [0.15, 0.2) is 6.29 Å². The summed E-state index contributed by atoms with van der Waals surface area (Å²) >= 11 is 0. The molecule has 0 bridgehead atoms. The third kappa shape index (κ3) is 4.22. The predicted octanol–water partition coefficient (Wildman–Crippen LogP) is 2.49. The van der Waals surface area contributed by atoms with Crippen molar-refractivity contribution in [3.8, 4) is 0 Å². The van der Waals surface area contributed by atoms with Crippen LogP contribution in [0.15, 0.2) is 0 Å². The Morgan fingerprint density at radius 1 is 1.12 bits per heavy atom. The number of nitrogens with zero attached hydrogens (tertiary/aromatic N) is 1. The van der Waals surface area contributed by atoms with Gasteiger partial charge in [0.2, 0.25) is 0 Å². The van der Waals surface area contributed by atoms with Gasteiger partial charge in [0.25, 0.3) is 0 Å². The average Bonchev–Trinajstić information content (AvgIpc) is 2.25. The van der Waals surface area contributed by atoms with Gasteiger partial charge in [0, 0.05) is 6.54 Å². The van der Waals surface area contributed by atoms with Crippen LogP contribution in [0.1, 0.15) is 47.0 Å². The molecule has 0 rings (SSSR count). The maximum Gasteiger partial charge on any atom is 0.151 e. The molecule has 0 aromatic carbocycles. The van der Waals surface area contributed by atoms with Crippen molar-refractivity contribution in [2.24, 2.45) is 0 Å². The smallest absolute Gasteiger partial charge is 0.151 e. The third-order valence-corrected chi connectivity index (χ3v) is 3.26. The lowest BCUT2D eigenvalue weighted by Crippen LogP contribution is -2.48. The van der Waals surface area contributed by atoms with E-state index in [0.717, 1.165) is 32.1 Å². The van der Waals surface area contributed by atoms with Crippen molar-refractivity contribution in [3.63, 3.8) is 0 Å². The SMILES string of the molecule is CCC(C)(CN(C)C)OC(C=O)(CC)CC. The van der Waals surface area contributed by atoms with E-state index in [1.807, 2.05) is 27.9 Å². The summed E-state index contributed by atoms with van der Waals surface area (Å²) in [5.74, 6) is 0. The molecule has 0 aromatic rings. The second kappa shape index (κ2) is 6.36. The van der Waals surface area contributed by atoms with Gasteiger partial charge in [-0.1, -0.05) is 20.8 Å². The van der Waals surface area contributed by atoms with E-state index < -0.39 is 5.60 Å². The highest BCUT2D eigenvalue weighted by molar-refractivity contribution is 5.62. The molecule has 0 aliphatic heterocycles. The van der Waals surface area contributed by atoms with Crippen LogP contribution in [-0.2, 0) is 9.53 Å². The van der Waals surface area contributed by atoms with Crippen molar-refractivity contribution >= 4 is 6.29 Å². The highest BCUT2D eigenvalue weighted by Gasteiger charge is 2.36. The summed E-state index contributed by atoms with van der Waals surface area (Å²) in [5.41, 5.74) is -0.864. The first-order chi connectivity index (χ1) is 7.37. The van der Waals surface area contributed by atoms with Gasteiger partial charge in [-0.05, 0) is 40.3 Å². The topological polar surface area (TPSA) is 29.5 Å². The molecule has 0 spiro atoms. The molecule has 1 atom stereocenters. The summed E-state index contributed by atoms with van der Waals surface area (Å²) in [6.07, 6.45) is 3.34. The minimum atomic E-state index is -0.610. The Kier molecular flexibility index (Phi) is 6.19. The Hall–Kier alpha value is -0.410. The number of ether oxygens (including phenoxy) is 1. The summed E-state index contributed by atoms with van der Waals surface area (Å²) in [7, 11) is 4.05. The molecule has 1 unspecified atom stereocenters. The van der Waals surface area contributed by atoms with Gasteiger partial charge in [-0.3, -0.25) is 0 Å². The standard InChI is InChI=1S/C13H27NO2/c1-7-12(4,10-14(5)6)16-13(8-2,9-3)11-15/h11H,7-10H2,1-6H3. The normalized spacial score (nSPS) is 16.2. The van der Waals surface area contributed by atoms with E-state index in [4.69, 9.17) is 4.74 Å². The fraction of sp³-hybridized carbons (Fsp3) is 0.923. The molecule has 0 aliphatic rings. The summed E-state index contributed by atoms with van der Waals surface area (Å²) < 4.78 is 6.12. The fourth-order valence-electron chi connectivity index (χ4n) is 1.96. The lowest BCUT2D eigenvalue weighted by atomic mass is 9.95. The molecule has 3 nitrogen and oxygen atoms in total. The molecule has 0 fully saturated rings. The molecule has 96 valence electrons. The number of hydrogen-bond donors (Lipinski definition) is 0. The fourth-order valence-corrected chi connectivity index (χ4v) is 1.96. The van der Waals surface area contributed by atoms with E-state index in [-0.39, 0.29) is 5.60 Å². The van der Waals surface area contributed by atoms with E-state index >= 15 is 0 Å². The number of rotatable bonds is 8. The minimum Gasteiger partial charge on any atom is -0.360 e. The first-order valence-corrected chi connectivity index (χ1v) is 6.18. The number of likely N-dealkylation sites (N-methyl/N-ethyl adjacent to an activating group) is 1. The van der Waals surface area contributed by atoms with Crippen molar-refractivity contribution in [1.29, 1.82) is 0 Å². The number of hydrogen-bond acceptors (Lipinski definition) is 3. The highest BCUT2D eigenvalue weighted by Crippen LogP contribution is 2.28. The maximum atomic E-state index is 11.2. The van der Waals surface area contributed by atoms with E-state index in [1.54, 1.807) is 0 Å². The van der Waals surface area contributed by atoms with Gasteiger partial charge >= 0.3 is 0 Å². The Morgan fingerprint density at radius 2 is 1.62 bits per heavy atom. The van der Waals surface area contributed by atoms with E-state index in [0.29, 0.717) is 0 Å². The molecule has 0 aromatic heterocycles. The molecule has 0 saturated carbocycles. The molecule has 0 radical (unpaired) electrons. The van der Waals surface area contributed by atoms with Gasteiger partial charge in [-0.25, -0.2) is 0 Å². The monoisotopic (exact) mass is 229 g/mol. The van der Waals surface area contributed by atoms with Crippen molar-refractivity contribution in [3.05, 3.63) is 0 Å². The second-order valence-electron chi connectivity index (χ2n) is 5.03. The molecule has 0 amide bonds. The van der Waals surface area contributed by atoms with Crippen molar-refractivity contribution in [2.45, 2.75) is 58.2 Å². The molecular weight excluding hydrogens is 202 g/mol. The van der Waals surface area contributed by atoms with Crippen LogP contribution in [0.4, 0.5) is 0 Å². The number of carbonyl (C=O) groups is 1. The predicted molar refractivity (Wildman–Crippen MR) is 67.7 cm³/mol. The zero-order chi connectivity index (χ0) is 12.8. The van der Waals surface area contributed by atoms with Gasteiger partial charge in [-0.2, -0.15) is 0 Å². The van der Waals surface area contributed by atoms with Gasteiger partial charge < -0.3 is 14.4 Å². The Labute approximate surface area is 100 Å². The number of aldehydes is 1.